The van der Waals surface area contributed by atoms with E-state index in [-0.39, 0.29) is 0 Å². The Labute approximate surface area is 133 Å². The molecular formula is C16H17N3S2. The highest BCUT2D eigenvalue weighted by atomic mass is 32.2. The van der Waals surface area contributed by atoms with E-state index in [0.29, 0.717) is 5.03 Å². The zero-order chi connectivity index (χ0) is 15.1. The summed E-state index contributed by atoms with van der Waals surface area (Å²) in [6.45, 7) is 3.63. The van der Waals surface area contributed by atoms with Crippen molar-refractivity contribution in [1.29, 1.82) is 0 Å². The standard InChI is InChI=1S/C16H17N3S2/c1-18-14(12-7-4-3-5-8-12)15(17)21-11-13-9-6-10-19-16(13)20-2/h3-10H,1,11,17H2,2H3/b15-14-. The summed E-state index contributed by atoms with van der Waals surface area (Å²) in [6, 6.07) is 13.9. The third-order valence-corrected chi connectivity index (χ3v) is 4.58. The Morgan fingerprint density at radius 1 is 1.24 bits per heavy atom. The van der Waals surface area contributed by atoms with Gasteiger partial charge in [0.05, 0.1) is 15.8 Å². The van der Waals surface area contributed by atoms with E-state index in [0.717, 1.165) is 22.0 Å². The molecule has 2 aromatic rings. The second-order valence-corrected chi connectivity index (χ2v) is 6.01. The summed E-state index contributed by atoms with van der Waals surface area (Å²) in [6.07, 6.45) is 3.83. The van der Waals surface area contributed by atoms with Gasteiger partial charge in [-0.1, -0.05) is 36.4 Å². The van der Waals surface area contributed by atoms with Crippen LogP contribution < -0.4 is 5.73 Å². The number of benzene rings is 1. The Kier molecular flexibility index (Phi) is 5.90. The van der Waals surface area contributed by atoms with Crippen molar-refractivity contribution in [3.63, 3.8) is 0 Å². The van der Waals surface area contributed by atoms with Crippen molar-refractivity contribution in [2.24, 2.45) is 10.7 Å². The molecule has 1 aromatic heterocycles. The maximum Gasteiger partial charge on any atom is 0.0997 e. The zero-order valence-corrected chi connectivity index (χ0v) is 13.5. The summed E-state index contributed by atoms with van der Waals surface area (Å²) in [4.78, 5) is 8.43. The number of hydrogen-bond donors (Lipinski definition) is 1. The molecule has 0 spiro atoms. The highest BCUT2D eigenvalue weighted by Gasteiger charge is 2.08. The number of nitrogens with zero attached hydrogens (tertiary/aromatic N) is 2. The van der Waals surface area contributed by atoms with E-state index >= 15 is 0 Å². The van der Waals surface area contributed by atoms with E-state index < -0.39 is 0 Å². The fourth-order valence-electron chi connectivity index (χ4n) is 1.85. The van der Waals surface area contributed by atoms with E-state index in [9.17, 15) is 0 Å². The molecule has 0 aliphatic rings. The molecule has 0 unspecified atom stereocenters. The van der Waals surface area contributed by atoms with Crippen molar-refractivity contribution in [2.45, 2.75) is 10.8 Å². The van der Waals surface area contributed by atoms with Gasteiger partial charge in [-0.3, -0.25) is 4.99 Å². The number of thioether (sulfide) groups is 2. The summed E-state index contributed by atoms with van der Waals surface area (Å²) in [7, 11) is 0. The third kappa shape index (κ3) is 4.12. The van der Waals surface area contributed by atoms with Gasteiger partial charge in [0.25, 0.3) is 0 Å². The minimum Gasteiger partial charge on any atom is -0.392 e. The molecule has 0 saturated heterocycles. The monoisotopic (exact) mass is 315 g/mol. The zero-order valence-electron chi connectivity index (χ0n) is 11.8. The summed E-state index contributed by atoms with van der Waals surface area (Å²) >= 11 is 3.20. The molecular weight excluding hydrogens is 298 g/mol. The minimum atomic E-state index is 0.673. The van der Waals surface area contributed by atoms with Crippen molar-refractivity contribution in [2.75, 3.05) is 6.26 Å². The molecule has 1 heterocycles. The first-order valence-electron chi connectivity index (χ1n) is 6.39. The molecule has 0 atom stereocenters. The molecule has 108 valence electrons. The van der Waals surface area contributed by atoms with Crippen molar-refractivity contribution >= 4 is 35.9 Å². The molecule has 0 aliphatic heterocycles. The van der Waals surface area contributed by atoms with E-state index in [1.54, 1.807) is 29.7 Å². The van der Waals surface area contributed by atoms with Crippen LogP contribution in [-0.4, -0.2) is 18.0 Å². The van der Waals surface area contributed by atoms with Crippen molar-refractivity contribution < 1.29 is 0 Å². The third-order valence-electron chi connectivity index (χ3n) is 2.87. The molecule has 0 amide bonds. The number of pyridine rings is 1. The predicted molar refractivity (Wildman–Crippen MR) is 94.4 cm³/mol. The molecule has 0 saturated carbocycles. The summed E-state index contributed by atoms with van der Waals surface area (Å²) in [5.74, 6) is 0.766. The summed E-state index contributed by atoms with van der Waals surface area (Å²) in [5.41, 5.74) is 9.07. The van der Waals surface area contributed by atoms with Gasteiger partial charge >= 0.3 is 0 Å². The fraction of sp³-hybridized carbons (Fsp3) is 0.125. The van der Waals surface area contributed by atoms with Gasteiger partial charge in [-0.25, -0.2) is 4.98 Å². The molecule has 0 aliphatic carbocycles. The van der Waals surface area contributed by atoms with Gasteiger partial charge in [-0.15, -0.1) is 23.5 Å². The molecule has 0 bridgehead atoms. The van der Waals surface area contributed by atoms with Crippen LogP contribution in [-0.2, 0) is 5.75 Å². The van der Waals surface area contributed by atoms with E-state index in [1.807, 2.05) is 42.7 Å². The molecule has 2 N–H and O–H groups in total. The van der Waals surface area contributed by atoms with Crippen molar-refractivity contribution in [3.8, 4) is 0 Å². The van der Waals surface area contributed by atoms with Gasteiger partial charge in [0.2, 0.25) is 0 Å². The lowest BCUT2D eigenvalue weighted by Crippen LogP contribution is -1.99. The predicted octanol–water partition coefficient (Wildman–Crippen LogP) is 4.02. The van der Waals surface area contributed by atoms with Crippen LogP contribution in [0.4, 0.5) is 0 Å². The van der Waals surface area contributed by atoms with Crippen molar-refractivity contribution in [1.82, 2.24) is 4.98 Å². The first-order chi connectivity index (χ1) is 10.3. The van der Waals surface area contributed by atoms with Crippen LogP contribution in [0.3, 0.4) is 0 Å². The molecule has 0 radical (unpaired) electrons. The summed E-state index contributed by atoms with van der Waals surface area (Å²) in [5, 5.41) is 1.71. The van der Waals surface area contributed by atoms with Crippen LogP contribution in [0.1, 0.15) is 11.1 Å². The number of aliphatic imine (C=N–C) groups is 1. The molecule has 21 heavy (non-hydrogen) atoms. The maximum atomic E-state index is 6.18. The second-order valence-electron chi connectivity index (χ2n) is 4.20. The molecule has 5 heteroatoms. The number of nitrogens with two attached hydrogens (primary N) is 1. The highest BCUT2D eigenvalue weighted by Crippen LogP contribution is 2.29. The Balaban J connectivity index is 2.18. The molecule has 0 fully saturated rings. The SMILES string of the molecule is C=N/C(=C(/N)SCc1cccnc1SC)c1ccccc1. The highest BCUT2D eigenvalue weighted by molar-refractivity contribution is 8.02. The Morgan fingerprint density at radius 3 is 2.67 bits per heavy atom. The van der Waals surface area contributed by atoms with Gasteiger partial charge in [0, 0.05) is 17.5 Å². The van der Waals surface area contributed by atoms with Gasteiger partial charge < -0.3 is 5.73 Å². The van der Waals surface area contributed by atoms with Crippen LogP contribution in [0.25, 0.3) is 5.70 Å². The van der Waals surface area contributed by atoms with Gasteiger partial charge in [-0.05, 0) is 24.6 Å². The second kappa shape index (κ2) is 7.90. The Bertz CT molecular complexity index is 639. The Hall–Kier alpha value is -1.72. The van der Waals surface area contributed by atoms with Gasteiger partial charge in [-0.2, -0.15) is 0 Å². The van der Waals surface area contributed by atoms with Crippen LogP contribution in [0.2, 0.25) is 0 Å². The van der Waals surface area contributed by atoms with Crippen LogP contribution in [0.15, 0.2) is 63.7 Å². The van der Waals surface area contributed by atoms with Crippen LogP contribution in [0.5, 0.6) is 0 Å². The first kappa shape index (κ1) is 15.7. The van der Waals surface area contributed by atoms with Crippen molar-refractivity contribution in [3.05, 3.63) is 64.8 Å². The number of aromatic nitrogens is 1. The van der Waals surface area contributed by atoms with Crippen LogP contribution >= 0.6 is 23.5 Å². The lowest BCUT2D eigenvalue weighted by Gasteiger charge is -2.09. The largest absolute Gasteiger partial charge is 0.392 e. The molecule has 2 rings (SSSR count). The van der Waals surface area contributed by atoms with E-state index in [2.05, 4.69) is 22.8 Å². The lowest BCUT2D eigenvalue weighted by atomic mass is 10.2. The Morgan fingerprint density at radius 2 is 2.00 bits per heavy atom. The first-order valence-corrected chi connectivity index (χ1v) is 8.60. The fourth-order valence-corrected chi connectivity index (χ4v) is 3.37. The molecule has 1 aromatic carbocycles. The van der Waals surface area contributed by atoms with E-state index in [4.69, 9.17) is 5.73 Å². The normalized spacial score (nSPS) is 11.9. The minimum absolute atomic E-state index is 0.673. The van der Waals surface area contributed by atoms with Gasteiger partial charge in [0.15, 0.2) is 0 Å². The number of hydrogen-bond acceptors (Lipinski definition) is 5. The average molecular weight is 315 g/mol. The topological polar surface area (TPSA) is 51.3 Å². The summed E-state index contributed by atoms with van der Waals surface area (Å²) < 4.78 is 0. The lowest BCUT2D eigenvalue weighted by molar-refractivity contribution is 1.07. The quantitative estimate of drug-likeness (QED) is 0.646. The van der Waals surface area contributed by atoms with E-state index in [1.165, 1.54) is 5.56 Å². The maximum absolute atomic E-state index is 6.18. The van der Waals surface area contributed by atoms with Gasteiger partial charge in [0.1, 0.15) is 0 Å². The van der Waals surface area contributed by atoms with Crippen LogP contribution in [0, 0.1) is 0 Å². The smallest absolute Gasteiger partial charge is 0.0997 e. The molecule has 3 nitrogen and oxygen atoms in total. The average Bonchev–Trinajstić information content (AvgIpc) is 2.55. The number of rotatable bonds is 6.